The van der Waals surface area contributed by atoms with Crippen LogP contribution in [0.1, 0.15) is 91.4 Å². The molecule has 23 heavy (non-hydrogen) atoms. The molecule has 136 valence electrons. The zero-order valence-electron chi connectivity index (χ0n) is 16.0. The van der Waals surface area contributed by atoms with E-state index in [4.69, 9.17) is 0 Å². The molecule has 1 rings (SSSR count). The molecule has 1 aliphatic carbocycles. The van der Waals surface area contributed by atoms with Crippen LogP contribution in [0.2, 0.25) is 0 Å². The number of carbonyl (C=O) groups excluding carboxylic acids is 1. The number of hydrogen-bond acceptors (Lipinski definition) is 2. The molecule has 0 bridgehead atoms. The molecule has 1 saturated carbocycles. The molecular weight excluding hydrogens is 286 g/mol. The van der Waals surface area contributed by atoms with Crippen LogP contribution in [0.3, 0.4) is 0 Å². The lowest BCUT2D eigenvalue weighted by Crippen LogP contribution is -2.39. The van der Waals surface area contributed by atoms with Gasteiger partial charge in [-0.05, 0) is 31.1 Å². The summed E-state index contributed by atoms with van der Waals surface area (Å²) in [6.45, 7) is 7.84. The van der Waals surface area contributed by atoms with Gasteiger partial charge in [0.1, 0.15) is 0 Å². The molecule has 0 unspecified atom stereocenters. The Labute approximate surface area is 143 Å². The molecule has 0 aromatic heterocycles. The Hall–Kier alpha value is -0.570. The first-order chi connectivity index (χ1) is 10.8. The van der Waals surface area contributed by atoms with Crippen molar-refractivity contribution in [2.45, 2.75) is 91.4 Å². The molecule has 1 fully saturated rings. The van der Waals surface area contributed by atoms with E-state index in [2.05, 4.69) is 20.8 Å². The van der Waals surface area contributed by atoms with Gasteiger partial charge in [-0.2, -0.15) is 0 Å². The molecular formula is C20H39NO2. The van der Waals surface area contributed by atoms with Gasteiger partial charge < -0.3 is 10.0 Å². The monoisotopic (exact) mass is 325 g/mol. The number of carbonyl (C=O) groups is 1. The molecule has 0 aliphatic heterocycles. The highest BCUT2D eigenvalue weighted by molar-refractivity contribution is 5.75. The van der Waals surface area contributed by atoms with E-state index in [0.717, 1.165) is 32.2 Å². The minimum absolute atomic E-state index is 0.0165. The minimum Gasteiger partial charge on any atom is -0.396 e. The second kappa shape index (κ2) is 9.66. The topological polar surface area (TPSA) is 40.5 Å². The van der Waals surface area contributed by atoms with Crippen molar-refractivity contribution in [3.63, 3.8) is 0 Å². The lowest BCUT2D eigenvalue weighted by molar-refractivity contribution is -0.131. The predicted octanol–water partition coefficient (Wildman–Crippen LogP) is 4.77. The summed E-state index contributed by atoms with van der Waals surface area (Å²) in [7, 11) is 1.90. The number of aliphatic hydroxyl groups excluding tert-OH is 1. The molecule has 1 N–H and O–H groups in total. The number of hydrogen-bond donors (Lipinski definition) is 1. The predicted molar refractivity (Wildman–Crippen MR) is 97.4 cm³/mol. The van der Waals surface area contributed by atoms with Crippen LogP contribution in [-0.4, -0.2) is 36.1 Å². The maximum Gasteiger partial charge on any atom is 0.222 e. The van der Waals surface area contributed by atoms with Crippen LogP contribution in [0.15, 0.2) is 0 Å². The van der Waals surface area contributed by atoms with Gasteiger partial charge in [0.2, 0.25) is 5.91 Å². The molecule has 0 aromatic carbocycles. The Morgan fingerprint density at radius 1 is 1.04 bits per heavy atom. The summed E-state index contributed by atoms with van der Waals surface area (Å²) < 4.78 is 0. The van der Waals surface area contributed by atoms with Crippen LogP contribution in [-0.2, 0) is 4.79 Å². The van der Waals surface area contributed by atoms with Gasteiger partial charge in [-0.1, -0.05) is 59.3 Å². The van der Waals surface area contributed by atoms with E-state index in [-0.39, 0.29) is 17.9 Å². The van der Waals surface area contributed by atoms with Crippen molar-refractivity contribution in [1.82, 2.24) is 4.90 Å². The number of amides is 1. The molecule has 1 amide bonds. The van der Waals surface area contributed by atoms with Crippen molar-refractivity contribution in [1.29, 1.82) is 0 Å². The van der Waals surface area contributed by atoms with Crippen molar-refractivity contribution in [2.24, 2.45) is 10.8 Å². The van der Waals surface area contributed by atoms with Gasteiger partial charge in [-0.15, -0.1) is 0 Å². The Bertz CT molecular complexity index is 340. The molecule has 0 radical (unpaired) electrons. The van der Waals surface area contributed by atoms with Gasteiger partial charge in [0.05, 0.1) is 6.61 Å². The highest BCUT2D eigenvalue weighted by Gasteiger charge is 2.35. The first-order valence-corrected chi connectivity index (χ1v) is 9.63. The number of unbranched alkanes of at least 4 members (excludes halogenated alkanes) is 4. The zero-order valence-corrected chi connectivity index (χ0v) is 16.0. The van der Waals surface area contributed by atoms with Crippen LogP contribution in [0.5, 0.6) is 0 Å². The Morgan fingerprint density at radius 3 is 2.17 bits per heavy atom. The van der Waals surface area contributed by atoms with E-state index >= 15 is 0 Å². The summed E-state index contributed by atoms with van der Waals surface area (Å²) >= 11 is 0. The maximum absolute atomic E-state index is 12.3. The van der Waals surface area contributed by atoms with Gasteiger partial charge in [0, 0.05) is 25.4 Å². The third-order valence-corrected chi connectivity index (χ3v) is 5.32. The third-order valence-electron chi connectivity index (χ3n) is 5.32. The second-order valence-corrected chi connectivity index (χ2v) is 8.94. The maximum atomic E-state index is 12.3. The third kappa shape index (κ3) is 8.19. The molecule has 0 atom stereocenters. The molecule has 1 aliphatic rings. The Morgan fingerprint density at radius 2 is 1.61 bits per heavy atom. The van der Waals surface area contributed by atoms with Crippen LogP contribution in [0.4, 0.5) is 0 Å². The molecule has 0 heterocycles. The van der Waals surface area contributed by atoms with Crippen molar-refractivity contribution in [3.8, 4) is 0 Å². The van der Waals surface area contributed by atoms with Crippen LogP contribution in [0.25, 0.3) is 0 Å². The summed E-state index contributed by atoms with van der Waals surface area (Å²) in [6, 6.07) is 0. The quantitative estimate of drug-likeness (QED) is 0.587. The normalized spacial score (nSPS) is 17.4. The molecule has 0 aromatic rings. The van der Waals surface area contributed by atoms with E-state index in [1.165, 1.54) is 38.5 Å². The number of nitrogens with zero attached hydrogens (tertiary/aromatic N) is 1. The van der Waals surface area contributed by atoms with E-state index < -0.39 is 0 Å². The summed E-state index contributed by atoms with van der Waals surface area (Å²) in [5, 5.41) is 9.66. The van der Waals surface area contributed by atoms with Crippen molar-refractivity contribution >= 4 is 5.91 Å². The van der Waals surface area contributed by atoms with E-state index in [1.54, 1.807) is 0 Å². The fourth-order valence-corrected chi connectivity index (χ4v) is 3.74. The minimum atomic E-state index is -0.0165. The fraction of sp³-hybridized carbons (Fsp3) is 0.950. The second-order valence-electron chi connectivity index (χ2n) is 8.94. The average molecular weight is 326 g/mol. The summed E-state index contributed by atoms with van der Waals surface area (Å²) in [6.07, 6.45) is 12.5. The summed E-state index contributed by atoms with van der Waals surface area (Å²) in [5.41, 5.74) is 0.430. The standard InChI is InChI=1S/C20H39NO2/c1-19(2,3)13-9-7-5-6-8-12-18(23)21(4)16-20(17-22)14-10-11-15-20/h22H,5-17H2,1-4H3. The van der Waals surface area contributed by atoms with Gasteiger partial charge in [-0.3, -0.25) is 4.79 Å². The van der Waals surface area contributed by atoms with E-state index in [1.807, 2.05) is 11.9 Å². The largest absolute Gasteiger partial charge is 0.396 e. The Balaban J connectivity index is 2.11. The van der Waals surface area contributed by atoms with Crippen molar-refractivity contribution < 1.29 is 9.90 Å². The van der Waals surface area contributed by atoms with Crippen LogP contribution < -0.4 is 0 Å². The van der Waals surface area contributed by atoms with Crippen molar-refractivity contribution in [3.05, 3.63) is 0 Å². The van der Waals surface area contributed by atoms with Crippen LogP contribution in [0, 0.1) is 10.8 Å². The SMILES string of the molecule is CN(CC1(CO)CCCC1)C(=O)CCCCCCCC(C)(C)C. The lowest BCUT2D eigenvalue weighted by Gasteiger charge is -2.31. The number of aliphatic hydroxyl groups is 1. The summed E-state index contributed by atoms with van der Waals surface area (Å²) in [5.74, 6) is 0.249. The van der Waals surface area contributed by atoms with Gasteiger partial charge in [0.25, 0.3) is 0 Å². The van der Waals surface area contributed by atoms with Gasteiger partial charge in [-0.25, -0.2) is 0 Å². The molecule has 0 spiro atoms. The average Bonchev–Trinajstić information content (AvgIpc) is 2.94. The highest BCUT2D eigenvalue weighted by atomic mass is 16.3. The Kier molecular flexibility index (Phi) is 8.60. The molecule has 3 heteroatoms. The van der Waals surface area contributed by atoms with Crippen molar-refractivity contribution in [2.75, 3.05) is 20.2 Å². The fourth-order valence-electron chi connectivity index (χ4n) is 3.74. The number of rotatable bonds is 10. The van der Waals surface area contributed by atoms with Gasteiger partial charge in [0.15, 0.2) is 0 Å². The zero-order chi connectivity index (χ0) is 17.3. The smallest absolute Gasteiger partial charge is 0.222 e. The lowest BCUT2D eigenvalue weighted by atomic mass is 9.86. The first kappa shape index (κ1) is 20.5. The molecule has 0 saturated heterocycles. The molecule has 3 nitrogen and oxygen atoms in total. The van der Waals surface area contributed by atoms with E-state index in [0.29, 0.717) is 11.8 Å². The highest BCUT2D eigenvalue weighted by Crippen LogP contribution is 2.38. The van der Waals surface area contributed by atoms with Crippen LogP contribution >= 0.6 is 0 Å². The van der Waals surface area contributed by atoms with E-state index in [9.17, 15) is 9.90 Å². The van der Waals surface area contributed by atoms with Gasteiger partial charge >= 0.3 is 0 Å². The summed E-state index contributed by atoms with van der Waals surface area (Å²) in [4.78, 5) is 14.1. The first-order valence-electron chi connectivity index (χ1n) is 9.63.